The second-order valence-electron chi connectivity index (χ2n) is 10.7. The minimum atomic E-state index is -1.60. The number of anilines is 2. The molecule has 0 amide bonds. The number of benzene rings is 3. The number of carbonyl (C=O) groups excluding carboxylic acids is 4. The van der Waals surface area contributed by atoms with Gasteiger partial charge < -0.3 is 63.3 Å². The number of para-hydroxylation sites is 1. The molecule has 2 heterocycles. The van der Waals surface area contributed by atoms with E-state index in [0.717, 1.165) is 14.5 Å². The second-order valence-corrected chi connectivity index (χ2v) is 11.7. The molecule has 5 aromatic rings. The van der Waals surface area contributed by atoms with Crippen LogP contribution in [0.3, 0.4) is 0 Å². The van der Waals surface area contributed by atoms with Crippen molar-refractivity contribution < 1.29 is 259 Å². The molecule has 0 fully saturated rings. The number of carboxylic acids is 4. The third-order valence-electron chi connectivity index (χ3n) is 7.01. The van der Waals surface area contributed by atoms with Crippen LogP contribution in [0.5, 0.6) is 11.5 Å². The zero-order valence-electron chi connectivity index (χ0n) is 29.7. The molecule has 254 valence electrons. The Bertz CT molecular complexity index is 2080. The molecule has 3 aromatic carbocycles. The minimum absolute atomic E-state index is 0. The number of rotatable bonds is 16. The van der Waals surface area contributed by atoms with E-state index in [-0.39, 0.29) is 253 Å². The predicted octanol–water partition coefficient (Wildman–Crippen LogP) is -13.5. The van der Waals surface area contributed by atoms with Gasteiger partial charge in [-0.05, 0) is 48.9 Å². The summed E-state index contributed by atoms with van der Waals surface area (Å²) in [5, 5.41) is 46.4. The van der Waals surface area contributed by atoms with E-state index in [1.807, 2.05) is 18.2 Å². The van der Waals surface area contributed by atoms with Crippen LogP contribution in [0.25, 0.3) is 31.8 Å². The van der Waals surface area contributed by atoms with Crippen LogP contribution in [0.1, 0.15) is 5.56 Å². The summed E-state index contributed by atoms with van der Waals surface area (Å²) in [5.41, 5.74) is 0.886. The number of aryl methyl sites for hydroxylation is 1. The van der Waals surface area contributed by atoms with Crippen molar-refractivity contribution in [2.45, 2.75) is 6.92 Å². The fraction of sp³-hybridized carbons (Fsp3) is 0.212. The molecule has 0 saturated heterocycles. The van der Waals surface area contributed by atoms with E-state index >= 15 is 0 Å². The maximum atomic E-state index is 13.1. The van der Waals surface area contributed by atoms with Crippen molar-refractivity contribution in [1.29, 1.82) is 0 Å². The zero-order chi connectivity index (χ0) is 35.2. The van der Waals surface area contributed by atoms with Gasteiger partial charge in [0.15, 0.2) is 0 Å². The van der Waals surface area contributed by atoms with Gasteiger partial charge in [-0.25, -0.2) is 9.78 Å². The van der Waals surface area contributed by atoms with E-state index in [0.29, 0.717) is 21.5 Å². The van der Waals surface area contributed by atoms with Gasteiger partial charge in [-0.15, -0.1) is 11.3 Å². The summed E-state index contributed by atoms with van der Waals surface area (Å²) in [6.45, 7) is -1.95. The SMILES string of the molecule is Cc1ccc(N(CC(=O)[O-])CC(=O)[O-])c(OCCOc2cc3cc(-c4nc5ccccc5s4)c(=O)oc3cc2N(CC(=O)[O-])CC(=O)[O-])c1.[K+].[K+].[K+].[K+]. The van der Waals surface area contributed by atoms with Crippen molar-refractivity contribution >= 4 is 67.8 Å². The average molecular weight is 844 g/mol. The van der Waals surface area contributed by atoms with Gasteiger partial charge in [0.2, 0.25) is 0 Å². The van der Waals surface area contributed by atoms with Gasteiger partial charge in [0.05, 0.1) is 77.2 Å². The van der Waals surface area contributed by atoms with Gasteiger partial charge in [0, 0.05) is 11.5 Å². The number of carbonyl (C=O) groups is 4. The van der Waals surface area contributed by atoms with Gasteiger partial charge in [-0.2, -0.15) is 0 Å². The Kier molecular flexibility index (Phi) is 23.6. The number of aliphatic carboxylic acids is 4. The van der Waals surface area contributed by atoms with Crippen molar-refractivity contribution in [3.8, 4) is 22.1 Å². The molecule has 15 nitrogen and oxygen atoms in total. The van der Waals surface area contributed by atoms with E-state index in [1.165, 1.54) is 35.6 Å². The molecule has 5 rings (SSSR count). The third-order valence-corrected chi connectivity index (χ3v) is 8.08. The summed E-state index contributed by atoms with van der Waals surface area (Å²) in [6, 6.07) is 16.2. The van der Waals surface area contributed by atoms with Crippen molar-refractivity contribution in [3.05, 3.63) is 76.6 Å². The molecular formula is C33H25K4N3O12S. The Morgan fingerprint density at radius 3 is 1.79 bits per heavy atom. The predicted molar refractivity (Wildman–Crippen MR) is 168 cm³/mol. The topological polar surface area (TPSA) is 229 Å². The Balaban J connectivity index is 0.00000351. The summed E-state index contributed by atoms with van der Waals surface area (Å²) in [5.74, 6) is -6.15. The van der Waals surface area contributed by atoms with Crippen LogP contribution in [0.2, 0.25) is 0 Å². The number of carboxylic acid groups (broad SMARTS) is 4. The second kappa shape index (κ2) is 24.3. The first kappa shape index (κ1) is 51.4. The first-order valence-electron chi connectivity index (χ1n) is 14.5. The first-order chi connectivity index (χ1) is 23.4. The van der Waals surface area contributed by atoms with E-state index in [2.05, 4.69) is 4.98 Å². The summed E-state index contributed by atoms with van der Waals surface area (Å²) in [7, 11) is 0. The van der Waals surface area contributed by atoms with Crippen LogP contribution >= 0.6 is 11.3 Å². The number of hydrogen-bond acceptors (Lipinski definition) is 16. The molecule has 20 heteroatoms. The van der Waals surface area contributed by atoms with Gasteiger partial charge in [0.25, 0.3) is 0 Å². The van der Waals surface area contributed by atoms with Gasteiger partial charge in [-0.3, -0.25) is 0 Å². The van der Waals surface area contributed by atoms with E-state index in [9.17, 15) is 44.4 Å². The fourth-order valence-electron chi connectivity index (χ4n) is 5.01. The minimum Gasteiger partial charge on any atom is -0.548 e. The maximum absolute atomic E-state index is 13.1. The van der Waals surface area contributed by atoms with E-state index in [4.69, 9.17) is 13.9 Å². The van der Waals surface area contributed by atoms with Crippen LogP contribution in [0.15, 0.2) is 69.9 Å². The monoisotopic (exact) mass is 843 g/mol. The van der Waals surface area contributed by atoms with Crippen molar-refractivity contribution in [2.75, 3.05) is 49.2 Å². The number of hydrogen-bond donors (Lipinski definition) is 0. The van der Waals surface area contributed by atoms with Crippen molar-refractivity contribution in [1.82, 2.24) is 4.98 Å². The van der Waals surface area contributed by atoms with Crippen LogP contribution in [0, 0.1) is 6.92 Å². The zero-order valence-corrected chi connectivity index (χ0v) is 43.0. The van der Waals surface area contributed by atoms with Crippen LogP contribution in [0.4, 0.5) is 11.4 Å². The maximum Gasteiger partial charge on any atom is 1.00 e. The molecular weight excluding hydrogens is 819 g/mol. The van der Waals surface area contributed by atoms with Crippen molar-refractivity contribution in [3.63, 3.8) is 0 Å². The van der Waals surface area contributed by atoms with E-state index < -0.39 is 55.7 Å². The van der Waals surface area contributed by atoms with Crippen LogP contribution in [-0.2, 0) is 19.2 Å². The molecule has 0 bridgehead atoms. The Morgan fingerprint density at radius 2 is 1.25 bits per heavy atom. The smallest absolute Gasteiger partial charge is 0.548 e. The normalized spacial score (nSPS) is 10.1. The summed E-state index contributed by atoms with van der Waals surface area (Å²) >= 11 is 1.28. The molecule has 53 heavy (non-hydrogen) atoms. The first-order valence-corrected chi connectivity index (χ1v) is 15.3. The molecule has 0 aliphatic rings. The summed E-state index contributed by atoms with van der Waals surface area (Å²) in [4.78, 5) is 65.1. The van der Waals surface area contributed by atoms with Gasteiger partial charge >= 0.3 is 211 Å². The molecule has 0 N–H and O–H groups in total. The number of nitrogens with zero attached hydrogens (tertiary/aromatic N) is 3. The molecule has 0 atom stereocenters. The fourth-order valence-corrected chi connectivity index (χ4v) is 5.98. The van der Waals surface area contributed by atoms with Crippen molar-refractivity contribution in [2.24, 2.45) is 0 Å². The molecule has 0 unspecified atom stereocenters. The Morgan fingerprint density at radius 1 is 0.717 bits per heavy atom. The molecule has 0 radical (unpaired) electrons. The molecule has 0 aliphatic carbocycles. The Labute approximate surface area is 476 Å². The number of ether oxygens (including phenoxy) is 2. The number of fused-ring (bicyclic) bond motifs is 2. The Hall–Kier alpha value is 0.385. The summed E-state index contributed by atoms with van der Waals surface area (Å²) < 4.78 is 18.2. The number of aromatic nitrogens is 1. The third kappa shape index (κ3) is 14.6. The molecule has 0 saturated carbocycles. The molecule has 2 aromatic heterocycles. The van der Waals surface area contributed by atoms with E-state index in [1.54, 1.807) is 25.1 Å². The van der Waals surface area contributed by atoms with Gasteiger partial charge in [0.1, 0.15) is 35.3 Å². The quantitative estimate of drug-likeness (QED) is 0.0511. The molecule has 0 aliphatic heterocycles. The summed E-state index contributed by atoms with van der Waals surface area (Å²) in [6.07, 6.45) is 0. The standard InChI is InChI=1S/C33H29N3O12S.4K/c1-18-6-7-22(35(14-28(37)38)15-29(39)40)25(10-18)46-8-9-47-26-12-19-11-20(32-34-21-4-2-3-5-27(21)49-32)33(45)48-24(19)13-23(26)36(16-30(41)42)17-31(43)44;;;;/h2-7,10-13H,8-9,14-17H2,1H3,(H,37,38)(H,39,40)(H,41,42)(H,43,44);;;;/q;4*+1/p-4. The largest absolute Gasteiger partial charge is 1.00 e. The van der Waals surface area contributed by atoms with Crippen LogP contribution in [-0.4, -0.2) is 68.3 Å². The average Bonchev–Trinajstić information content (AvgIpc) is 3.45. The number of thiazole rings is 1. The van der Waals surface area contributed by atoms with Crippen LogP contribution < -0.4 is 251 Å². The molecule has 0 spiro atoms. The van der Waals surface area contributed by atoms with Gasteiger partial charge in [-0.1, -0.05) is 18.2 Å².